The van der Waals surface area contributed by atoms with Crippen LogP contribution in [-0.2, 0) is 6.42 Å². The highest BCUT2D eigenvalue weighted by atomic mass is 14.3. The minimum absolute atomic E-state index is 0.279. The van der Waals surface area contributed by atoms with E-state index in [9.17, 15) is 0 Å². The molecule has 0 spiro atoms. The van der Waals surface area contributed by atoms with Gasteiger partial charge in [-0.3, -0.25) is 0 Å². The van der Waals surface area contributed by atoms with Crippen molar-refractivity contribution in [2.45, 2.75) is 25.7 Å². The predicted octanol–water partition coefficient (Wildman–Crippen LogP) is 16.1. The van der Waals surface area contributed by atoms with Crippen molar-refractivity contribution in [3.8, 4) is 11.1 Å². The van der Waals surface area contributed by atoms with E-state index in [4.69, 9.17) is 0 Å². The van der Waals surface area contributed by atoms with E-state index in [0.29, 0.717) is 0 Å². The monoisotopic (exact) mass is 764 g/mol. The molecule has 0 heterocycles. The van der Waals surface area contributed by atoms with E-state index in [1.807, 2.05) is 0 Å². The first-order chi connectivity index (χ1) is 29.7. The van der Waals surface area contributed by atoms with E-state index in [1.165, 1.54) is 110 Å². The topological polar surface area (TPSA) is 0 Å². The van der Waals surface area contributed by atoms with Crippen molar-refractivity contribution >= 4 is 59.8 Å². The Labute approximate surface area is 352 Å². The molecule has 60 heavy (non-hydrogen) atoms. The minimum Gasteiger partial charge on any atom is -0.0719 e. The lowest BCUT2D eigenvalue weighted by atomic mass is 9.75. The van der Waals surface area contributed by atoms with E-state index in [0.717, 1.165) is 12.8 Å². The Morgan fingerprint density at radius 3 is 1.80 bits per heavy atom. The summed E-state index contributed by atoms with van der Waals surface area (Å²) in [6.07, 6.45) is 6.76. The standard InChI is InChI=1S/C60H44/c1-40-49(41-16-3-2-4-17-41)34-32-44(37-58(40)46-21-15-22-47(36-46)59-39-48-20-7-10-25-52(48)54-27-12-14-29-56(54)59)45-33-35-57-55-28-13-11-26-53(55)50-23-8-5-18-42(50)30-31-43-19-6-9-24-51(43)60(57)38-45/h2-31,33-38,59H,32,39H2,1H3. The van der Waals surface area contributed by atoms with Crippen LogP contribution in [0.2, 0.25) is 0 Å². The van der Waals surface area contributed by atoms with Crippen LogP contribution in [0.4, 0.5) is 0 Å². The van der Waals surface area contributed by atoms with E-state index in [2.05, 4.69) is 225 Å². The number of hydrogen-bond acceptors (Lipinski definition) is 0. The molecule has 11 rings (SSSR count). The van der Waals surface area contributed by atoms with E-state index >= 15 is 0 Å². The van der Waals surface area contributed by atoms with Gasteiger partial charge in [0.25, 0.3) is 0 Å². The molecule has 0 radical (unpaired) electrons. The maximum atomic E-state index is 2.49. The predicted molar refractivity (Wildman–Crippen MR) is 258 cm³/mol. The second-order valence-corrected chi connectivity index (χ2v) is 16.3. The van der Waals surface area contributed by atoms with Gasteiger partial charge in [0, 0.05) is 5.92 Å². The summed E-state index contributed by atoms with van der Waals surface area (Å²) in [5.41, 5.74) is 15.8. The summed E-state index contributed by atoms with van der Waals surface area (Å²) < 4.78 is 0. The van der Waals surface area contributed by atoms with Crippen LogP contribution in [-0.4, -0.2) is 0 Å². The number of hydrogen-bond donors (Lipinski definition) is 0. The molecule has 9 aromatic rings. The zero-order chi connectivity index (χ0) is 40.0. The fourth-order valence-electron chi connectivity index (χ4n) is 9.97. The number of benzene rings is 8. The Morgan fingerprint density at radius 1 is 0.417 bits per heavy atom. The molecule has 1 unspecified atom stereocenters. The van der Waals surface area contributed by atoms with Gasteiger partial charge in [0.05, 0.1) is 0 Å². The summed E-state index contributed by atoms with van der Waals surface area (Å²) in [6.45, 7) is 2.32. The molecule has 9 aromatic carbocycles. The summed E-state index contributed by atoms with van der Waals surface area (Å²) in [5, 5.41) is 9.92. The molecule has 0 nitrogen and oxygen atoms in total. The Kier molecular flexibility index (Phi) is 9.05. The first-order valence-electron chi connectivity index (χ1n) is 21.2. The van der Waals surface area contributed by atoms with Crippen LogP contribution in [0.25, 0.3) is 70.9 Å². The maximum Gasteiger partial charge on any atom is 0.0136 e. The Morgan fingerprint density at radius 2 is 1.02 bits per heavy atom. The van der Waals surface area contributed by atoms with Crippen molar-refractivity contribution < 1.29 is 0 Å². The summed E-state index contributed by atoms with van der Waals surface area (Å²) in [7, 11) is 0. The Balaban J connectivity index is 1.12. The molecule has 2 aliphatic rings. The van der Waals surface area contributed by atoms with Gasteiger partial charge in [-0.05, 0) is 142 Å². The fraction of sp³-hybridized carbons (Fsp3) is 0.0667. The van der Waals surface area contributed by atoms with Gasteiger partial charge in [0.1, 0.15) is 0 Å². The molecule has 0 fully saturated rings. The third kappa shape index (κ3) is 6.33. The lowest BCUT2D eigenvalue weighted by Gasteiger charge is -2.28. The first-order valence-corrected chi connectivity index (χ1v) is 21.2. The number of fused-ring (bicyclic) bond motifs is 10. The SMILES string of the molecule is CC1=C(c2cccc(C3Cc4ccccc4-c4ccccc43)c2)C=C(c2ccc3c(c2)c2ccccc2ccc2ccccc2c2ccccc23)CC=C1c1ccccc1. The van der Waals surface area contributed by atoms with Crippen molar-refractivity contribution in [3.63, 3.8) is 0 Å². The van der Waals surface area contributed by atoms with Gasteiger partial charge in [-0.2, -0.15) is 0 Å². The summed E-state index contributed by atoms with van der Waals surface area (Å²) in [4.78, 5) is 0. The summed E-state index contributed by atoms with van der Waals surface area (Å²) in [6, 6.07) is 76.6. The molecule has 0 amide bonds. The largest absolute Gasteiger partial charge is 0.0719 e. The highest BCUT2D eigenvalue weighted by Gasteiger charge is 2.26. The highest BCUT2D eigenvalue weighted by molar-refractivity contribution is 6.19. The van der Waals surface area contributed by atoms with Crippen LogP contribution in [0, 0.1) is 0 Å². The molecule has 0 aliphatic heterocycles. The van der Waals surface area contributed by atoms with Crippen molar-refractivity contribution in [3.05, 3.63) is 257 Å². The zero-order valence-corrected chi connectivity index (χ0v) is 33.8. The third-order valence-electron chi connectivity index (χ3n) is 13.0. The van der Waals surface area contributed by atoms with Gasteiger partial charge >= 0.3 is 0 Å². The second kappa shape index (κ2) is 15.1. The van der Waals surface area contributed by atoms with Crippen molar-refractivity contribution in [1.29, 1.82) is 0 Å². The number of rotatable bonds is 4. The van der Waals surface area contributed by atoms with Crippen LogP contribution < -0.4 is 0 Å². The van der Waals surface area contributed by atoms with E-state index < -0.39 is 0 Å². The molecule has 0 saturated carbocycles. The molecule has 2 aliphatic carbocycles. The minimum atomic E-state index is 0.279. The molecular formula is C60H44. The van der Waals surface area contributed by atoms with Gasteiger partial charge in [0.15, 0.2) is 0 Å². The van der Waals surface area contributed by atoms with Crippen molar-refractivity contribution in [2.24, 2.45) is 0 Å². The van der Waals surface area contributed by atoms with Gasteiger partial charge in [-0.25, -0.2) is 0 Å². The molecule has 0 aromatic heterocycles. The van der Waals surface area contributed by atoms with Crippen LogP contribution in [0.5, 0.6) is 0 Å². The molecule has 0 saturated heterocycles. The molecule has 0 heteroatoms. The van der Waals surface area contributed by atoms with Gasteiger partial charge in [0.2, 0.25) is 0 Å². The van der Waals surface area contributed by atoms with Gasteiger partial charge < -0.3 is 0 Å². The smallest absolute Gasteiger partial charge is 0.0136 e. The van der Waals surface area contributed by atoms with Gasteiger partial charge in [-0.1, -0.05) is 206 Å². The lowest BCUT2D eigenvalue weighted by molar-refractivity contribution is 0.793. The van der Waals surface area contributed by atoms with E-state index in [-0.39, 0.29) is 5.92 Å². The van der Waals surface area contributed by atoms with Crippen molar-refractivity contribution in [1.82, 2.24) is 0 Å². The molecule has 284 valence electrons. The fourth-order valence-corrected chi connectivity index (χ4v) is 9.97. The van der Waals surface area contributed by atoms with Crippen LogP contribution >= 0.6 is 0 Å². The average molecular weight is 765 g/mol. The second-order valence-electron chi connectivity index (χ2n) is 16.3. The Bertz CT molecular complexity index is 3320. The first kappa shape index (κ1) is 35.8. The molecule has 0 N–H and O–H groups in total. The summed E-state index contributed by atoms with van der Waals surface area (Å²) in [5.74, 6) is 0.279. The van der Waals surface area contributed by atoms with Crippen molar-refractivity contribution in [2.75, 3.05) is 0 Å². The zero-order valence-electron chi connectivity index (χ0n) is 33.8. The molecule has 0 bridgehead atoms. The summed E-state index contributed by atoms with van der Waals surface area (Å²) >= 11 is 0. The molecular weight excluding hydrogens is 721 g/mol. The third-order valence-corrected chi connectivity index (χ3v) is 13.0. The van der Waals surface area contributed by atoms with Gasteiger partial charge in [-0.15, -0.1) is 0 Å². The van der Waals surface area contributed by atoms with Crippen LogP contribution in [0.15, 0.2) is 224 Å². The quantitative estimate of drug-likeness (QED) is 0.167. The highest BCUT2D eigenvalue weighted by Crippen LogP contribution is 2.44. The normalized spacial score (nSPS) is 14.9. The van der Waals surface area contributed by atoms with Crippen LogP contribution in [0.1, 0.15) is 52.6 Å². The number of allylic oxidation sites excluding steroid dienone is 6. The lowest BCUT2D eigenvalue weighted by Crippen LogP contribution is -2.12. The maximum absolute atomic E-state index is 2.49. The molecule has 1 atom stereocenters. The van der Waals surface area contributed by atoms with Crippen LogP contribution in [0.3, 0.4) is 0 Å². The average Bonchev–Trinajstić information content (AvgIpc) is 3.49. The Hall–Kier alpha value is -7.28. The van der Waals surface area contributed by atoms with E-state index in [1.54, 1.807) is 0 Å².